The van der Waals surface area contributed by atoms with E-state index in [1.165, 1.54) is 24.1 Å². The smallest absolute Gasteiger partial charge is 0.293 e. The van der Waals surface area contributed by atoms with Crippen LogP contribution in [0.3, 0.4) is 0 Å². The first-order valence-corrected chi connectivity index (χ1v) is 12.0. The molecule has 8 nitrogen and oxygen atoms in total. The highest BCUT2D eigenvalue weighted by Crippen LogP contribution is 2.35. The number of nitro groups is 1. The fourth-order valence-corrected chi connectivity index (χ4v) is 4.48. The highest BCUT2D eigenvalue weighted by atomic mass is 79.9. The van der Waals surface area contributed by atoms with Gasteiger partial charge in [-0.25, -0.2) is 0 Å². The van der Waals surface area contributed by atoms with E-state index in [2.05, 4.69) is 15.9 Å². The SMILES string of the molecule is COc1cc(/C=C2\SC(=O)N(Cc3ccc(Br)cc3)C2=O)ccc1OCc1cccc([N+](=O)[O-])c1. The predicted octanol–water partition coefficient (Wildman–Crippen LogP) is 6.18. The summed E-state index contributed by atoms with van der Waals surface area (Å²) in [7, 11) is 1.49. The number of benzene rings is 3. The molecule has 0 bridgehead atoms. The van der Waals surface area contributed by atoms with Gasteiger partial charge in [0.2, 0.25) is 0 Å². The van der Waals surface area contributed by atoms with Crippen LogP contribution in [-0.2, 0) is 17.9 Å². The quantitative estimate of drug-likeness (QED) is 0.186. The zero-order chi connectivity index (χ0) is 24.9. The summed E-state index contributed by atoms with van der Waals surface area (Å²) in [5.74, 6) is 0.519. The molecular weight excluding hydrogens is 536 g/mol. The first-order chi connectivity index (χ1) is 16.8. The highest BCUT2D eigenvalue weighted by molar-refractivity contribution is 9.10. The molecule has 1 fully saturated rings. The molecule has 0 saturated carbocycles. The number of halogens is 1. The molecule has 178 valence electrons. The van der Waals surface area contributed by atoms with Gasteiger partial charge in [0.05, 0.1) is 23.5 Å². The minimum absolute atomic E-state index is 0.0116. The molecule has 0 aromatic heterocycles. The Morgan fingerprint density at radius 1 is 1.03 bits per heavy atom. The van der Waals surface area contributed by atoms with E-state index in [9.17, 15) is 19.7 Å². The molecular formula is C25H19BrN2O6S. The lowest BCUT2D eigenvalue weighted by Gasteiger charge is -2.12. The number of hydrogen-bond acceptors (Lipinski definition) is 7. The third-order valence-corrected chi connectivity index (χ3v) is 6.56. The number of carbonyl (C=O) groups excluding carboxylic acids is 2. The molecule has 0 radical (unpaired) electrons. The maximum atomic E-state index is 12.9. The topological polar surface area (TPSA) is 99.0 Å². The Kier molecular flexibility index (Phi) is 7.52. The number of thioether (sulfide) groups is 1. The van der Waals surface area contributed by atoms with E-state index in [0.717, 1.165) is 21.8 Å². The molecule has 0 spiro atoms. The Morgan fingerprint density at radius 3 is 2.51 bits per heavy atom. The van der Waals surface area contributed by atoms with Crippen LogP contribution in [0.15, 0.2) is 76.1 Å². The van der Waals surface area contributed by atoms with Crippen LogP contribution < -0.4 is 9.47 Å². The fraction of sp³-hybridized carbons (Fsp3) is 0.120. The molecule has 10 heteroatoms. The van der Waals surface area contributed by atoms with Gasteiger partial charge in [-0.2, -0.15) is 0 Å². The van der Waals surface area contributed by atoms with E-state index < -0.39 is 4.92 Å². The standard InChI is InChI=1S/C25H19BrN2O6S/c1-33-22-12-17(7-10-21(22)34-15-18-3-2-4-20(11-18)28(31)32)13-23-24(29)27(25(30)35-23)14-16-5-8-19(26)9-6-16/h2-13H,14-15H2,1H3/b23-13-. The normalized spacial score (nSPS) is 14.5. The van der Waals surface area contributed by atoms with Crippen LogP contribution in [0.25, 0.3) is 6.08 Å². The van der Waals surface area contributed by atoms with Gasteiger partial charge in [0.25, 0.3) is 16.8 Å². The number of hydrogen-bond donors (Lipinski definition) is 0. The van der Waals surface area contributed by atoms with Crippen LogP contribution in [-0.4, -0.2) is 28.1 Å². The van der Waals surface area contributed by atoms with Gasteiger partial charge in [-0.3, -0.25) is 24.6 Å². The lowest BCUT2D eigenvalue weighted by atomic mass is 10.1. The van der Waals surface area contributed by atoms with Gasteiger partial charge in [-0.1, -0.05) is 46.3 Å². The summed E-state index contributed by atoms with van der Waals surface area (Å²) in [6.07, 6.45) is 1.64. The summed E-state index contributed by atoms with van der Waals surface area (Å²) in [6, 6.07) is 18.8. The number of carbonyl (C=O) groups is 2. The predicted molar refractivity (Wildman–Crippen MR) is 136 cm³/mol. The van der Waals surface area contributed by atoms with Gasteiger partial charge in [0, 0.05) is 16.6 Å². The summed E-state index contributed by atoms with van der Waals surface area (Å²) < 4.78 is 12.1. The van der Waals surface area contributed by atoms with Gasteiger partial charge in [0.15, 0.2) is 11.5 Å². The van der Waals surface area contributed by atoms with Crippen LogP contribution >= 0.6 is 27.7 Å². The summed E-state index contributed by atoms with van der Waals surface area (Å²) in [5.41, 5.74) is 2.15. The number of non-ortho nitro benzene ring substituents is 1. The second-order valence-corrected chi connectivity index (χ2v) is 9.43. The average Bonchev–Trinajstić information content (AvgIpc) is 3.11. The first-order valence-electron chi connectivity index (χ1n) is 10.4. The van der Waals surface area contributed by atoms with Crippen molar-refractivity contribution in [2.45, 2.75) is 13.2 Å². The van der Waals surface area contributed by atoms with E-state index in [0.29, 0.717) is 27.5 Å². The van der Waals surface area contributed by atoms with Crippen LogP contribution in [0.5, 0.6) is 11.5 Å². The molecule has 1 saturated heterocycles. The van der Waals surface area contributed by atoms with E-state index in [1.807, 2.05) is 24.3 Å². The largest absolute Gasteiger partial charge is 0.493 e. The van der Waals surface area contributed by atoms with E-state index >= 15 is 0 Å². The van der Waals surface area contributed by atoms with Crippen molar-refractivity contribution in [3.05, 3.63) is 103 Å². The summed E-state index contributed by atoms with van der Waals surface area (Å²) in [6.45, 7) is 0.315. The van der Waals surface area contributed by atoms with Crippen molar-refractivity contribution < 1.29 is 24.0 Å². The Hall–Kier alpha value is -3.63. The molecule has 3 aromatic rings. The van der Waals surface area contributed by atoms with Gasteiger partial charge < -0.3 is 9.47 Å². The average molecular weight is 555 g/mol. The summed E-state index contributed by atoms with van der Waals surface area (Å²) >= 11 is 4.26. The van der Waals surface area contributed by atoms with E-state index in [4.69, 9.17) is 9.47 Å². The monoisotopic (exact) mass is 554 g/mol. The molecule has 0 aliphatic carbocycles. The fourth-order valence-electron chi connectivity index (χ4n) is 3.37. The summed E-state index contributed by atoms with van der Waals surface area (Å²) in [4.78, 5) is 37.3. The highest BCUT2D eigenvalue weighted by Gasteiger charge is 2.35. The van der Waals surface area contributed by atoms with Crippen molar-refractivity contribution in [2.24, 2.45) is 0 Å². The molecule has 4 rings (SSSR count). The number of methoxy groups -OCH3 is 1. The Balaban J connectivity index is 1.47. The maximum Gasteiger partial charge on any atom is 0.293 e. The minimum atomic E-state index is -0.459. The van der Waals surface area contributed by atoms with Gasteiger partial charge in [-0.15, -0.1) is 0 Å². The van der Waals surface area contributed by atoms with Crippen molar-refractivity contribution in [3.63, 3.8) is 0 Å². The van der Waals surface area contributed by atoms with Crippen molar-refractivity contribution in [1.29, 1.82) is 0 Å². The van der Waals surface area contributed by atoms with E-state index in [-0.39, 0.29) is 30.0 Å². The minimum Gasteiger partial charge on any atom is -0.493 e. The van der Waals surface area contributed by atoms with Gasteiger partial charge in [-0.05, 0) is 58.8 Å². The molecule has 1 heterocycles. The Labute approximate surface area is 213 Å². The first kappa shape index (κ1) is 24.5. The number of imide groups is 1. The molecule has 2 amide bonds. The molecule has 1 aliphatic heterocycles. The summed E-state index contributed by atoms with van der Waals surface area (Å²) in [5, 5.41) is 10.6. The molecule has 0 atom stereocenters. The van der Waals surface area contributed by atoms with Crippen molar-refractivity contribution in [2.75, 3.05) is 7.11 Å². The van der Waals surface area contributed by atoms with Crippen molar-refractivity contribution in [3.8, 4) is 11.5 Å². The van der Waals surface area contributed by atoms with Crippen LogP contribution in [0.2, 0.25) is 0 Å². The lowest BCUT2D eigenvalue weighted by Crippen LogP contribution is -2.27. The van der Waals surface area contributed by atoms with Crippen LogP contribution in [0.1, 0.15) is 16.7 Å². The zero-order valence-electron chi connectivity index (χ0n) is 18.5. The number of amides is 2. The molecule has 0 N–H and O–H groups in total. The second kappa shape index (κ2) is 10.7. The third-order valence-electron chi connectivity index (χ3n) is 5.13. The molecule has 3 aromatic carbocycles. The number of ether oxygens (including phenoxy) is 2. The number of nitro benzene ring substituents is 1. The second-order valence-electron chi connectivity index (χ2n) is 7.52. The van der Waals surface area contributed by atoms with Crippen molar-refractivity contribution >= 4 is 50.6 Å². The maximum absolute atomic E-state index is 12.9. The Bertz CT molecular complexity index is 1330. The van der Waals surface area contributed by atoms with Crippen molar-refractivity contribution in [1.82, 2.24) is 4.90 Å². The molecule has 0 unspecified atom stereocenters. The van der Waals surface area contributed by atoms with E-state index in [1.54, 1.807) is 36.4 Å². The molecule has 35 heavy (non-hydrogen) atoms. The number of nitrogens with zero attached hydrogens (tertiary/aromatic N) is 2. The van der Waals surface area contributed by atoms with Gasteiger partial charge in [0.1, 0.15) is 6.61 Å². The van der Waals surface area contributed by atoms with Gasteiger partial charge >= 0.3 is 0 Å². The van der Waals surface area contributed by atoms with Crippen LogP contribution in [0, 0.1) is 10.1 Å². The number of rotatable bonds is 8. The lowest BCUT2D eigenvalue weighted by molar-refractivity contribution is -0.384. The third kappa shape index (κ3) is 5.90. The molecule has 1 aliphatic rings. The zero-order valence-corrected chi connectivity index (χ0v) is 20.9. The Morgan fingerprint density at radius 2 is 1.80 bits per heavy atom. The van der Waals surface area contributed by atoms with Crippen LogP contribution in [0.4, 0.5) is 10.5 Å².